The number of rotatable bonds is 1. The van der Waals surface area contributed by atoms with Crippen molar-refractivity contribution in [1.82, 2.24) is 0 Å². The lowest BCUT2D eigenvalue weighted by molar-refractivity contribution is 0.100. The Kier molecular flexibility index (Phi) is 3.32. The molecule has 0 saturated carbocycles. The summed E-state index contributed by atoms with van der Waals surface area (Å²) >= 11 is 3.36. The number of carbonyl (C=O) groups excluding carboxylic acids is 1. The molecule has 0 fully saturated rings. The average molecular weight is 331 g/mol. The Balaban J connectivity index is 1.97. The van der Waals surface area contributed by atoms with Crippen LogP contribution in [0.2, 0.25) is 0 Å². The van der Waals surface area contributed by atoms with Gasteiger partial charge in [-0.1, -0.05) is 28.1 Å². The van der Waals surface area contributed by atoms with Gasteiger partial charge < -0.3 is 9.84 Å². The van der Waals surface area contributed by atoms with Crippen LogP contribution in [-0.4, -0.2) is 17.5 Å². The minimum atomic E-state index is -0.0272. The predicted molar refractivity (Wildman–Crippen MR) is 80.1 cm³/mol. The third kappa shape index (κ3) is 2.47. The number of fused-ring (bicyclic) bond motifs is 1. The fourth-order valence-electron chi connectivity index (χ4n) is 2.08. The van der Waals surface area contributed by atoms with Gasteiger partial charge in [-0.3, -0.25) is 4.79 Å². The van der Waals surface area contributed by atoms with Crippen molar-refractivity contribution in [2.45, 2.75) is 0 Å². The Hall–Kier alpha value is -2.07. The van der Waals surface area contributed by atoms with Gasteiger partial charge in [0.15, 0.2) is 5.78 Å². The molecule has 0 bridgehead atoms. The lowest BCUT2D eigenvalue weighted by Gasteiger charge is -2.19. The number of benzene rings is 2. The molecule has 0 amide bonds. The van der Waals surface area contributed by atoms with Gasteiger partial charge in [-0.2, -0.15) is 0 Å². The van der Waals surface area contributed by atoms with Gasteiger partial charge in [0.2, 0.25) is 0 Å². The van der Waals surface area contributed by atoms with Crippen molar-refractivity contribution in [3.05, 3.63) is 63.6 Å². The van der Waals surface area contributed by atoms with Crippen molar-refractivity contribution in [2.24, 2.45) is 0 Å². The number of aromatic hydroxyl groups is 1. The third-order valence-electron chi connectivity index (χ3n) is 3.10. The van der Waals surface area contributed by atoms with Gasteiger partial charge in [0.05, 0.1) is 5.56 Å². The average Bonchev–Trinajstić information content (AvgIpc) is 2.45. The molecule has 0 aliphatic carbocycles. The van der Waals surface area contributed by atoms with Crippen molar-refractivity contribution in [3.8, 4) is 11.5 Å². The maximum Gasteiger partial charge on any atom is 0.196 e. The SMILES string of the molecule is O=C1/C(=C\c2ccc(O)cc2)COc2ccc(Br)cc21. The normalized spacial score (nSPS) is 15.8. The van der Waals surface area contributed by atoms with E-state index in [2.05, 4.69) is 15.9 Å². The summed E-state index contributed by atoms with van der Waals surface area (Å²) in [6, 6.07) is 12.1. The zero-order valence-electron chi connectivity index (χ0n) is 10.5. The Labute approximate surface area is 124 Å². The van der Waals surface area contributed by atoms with Gasteiger partial charge in [-0.05, 0) is 42.0 Å². The summed E-state index contributed by atoms with van der Waals surface area (Å²) < 4.78 is 6.44. The quantitative estimate of drug-likeness (QED) is 0.808. The fourth-order valence-corrected chi connectivity index (χ4v) is 2.44. The van der Waals surface area contributed by atoms with E-state index in [1.807, 2.05) is 6.07 Å². The van der Waals surface area contributed by atoms with E-state index in [1.165, 1.54) is 0 Å². The second-order valence-corrected chi connectivity index (χ2v) is 5.44. The molecule has 0 atom stereocenters. The number of phenols is 1. The van der Waals surface area contributed by atoms with Crippen molar-refractivity contribution < 1.29 is 14.6 Å². The molecule has 2 aromatic carbocycles. The minimum Gasteiger partial charge on any atom is -0.508 e. The van der Waals surface area contributed by atoms with Crippen LogP contribution in [0.4, 0.5) is 0 Å². The molecular weight excluding hydrogens is 320 g/mol. The molecule has 1 aliphatic heterocycles. The van der Waals surface area contributed by atoms with E-state index in [0.717, 1.165) is 10.0 Å². The molecule has 0 saturated heterocycles. The van der Waals surface area contributed by atoms with Crippen LogP contribution in [0.25, 0.3) is 6.08 Å². The monoisotopic (exact) mass is 330 g/mol. The van der Waals surface area contributed by atoms with Crippen LogP contribution in [0.15, 0.2) is 52.5 Å². The van der Waals surface area contributed by atoms with Crippen LogP contribution >= 0.6 is 15.9 Å². The van der Waals surface area contributed by atoms with Gasteiger partial charge in [-0.25, -0.2) is 0 Å². The number of carbonyl (C=O) groups is 1. The number of ketones is 1. The Bertz CT molecular complexity index is 702. The van der Waals surface area contributed by atoms with Crippen molar-refractivity contribution in [2.75, 3.05) is 6.61 Å². The van der Waals surface area contributed by atoms with Gasteiger partial charge in [0, 0.05) is 10.0 Å². The van der Waals surface area contributed by atoms with E-state index in [0.29, 0.717) is 16.9 Å². The van der Waals surface area contributed by atoms with Gasteiger partial charge in [0.1, 0.15) is 18.1 Å². The first-order valence-corrected chi connectivity index (χ1v) is 6.89. The van der Waals surface area contributed by atoms with Crippen molar-refractivity contribution in [3.63, 3.8) is 0 Å². The van der Waals surface area contributed by atoms with Crippen LogP contribution in [0, 0.1) is 0 Å². The molecule has 0 unspecified atom stereocenters. The Morgan fingerprint density at radius 2 is 1.90 bits per heavy atom. The molecular formula is C16H11BrO3. The van der Waals surface area contributed by atoms with Gasteiger partial charge >= 0.3 is 0 Å². The highest BCUT2D eigenvalue weighted by molar-refractivity contribution is 9.10. The predicted octanol–water partition coefficient (Wildman–Crippen LogP) is 3.81. The number of phenolic OH excluding ortho intramolecular Hbond substituents is 1. The number of ether oxygens (including phenoxy) is 1. The number of hydrogen-bond acceptors (Lipinski definition) is 3. The summed E-state index contributed by atoms with van der Waals surface area (Å²) in [5.74, 6) is 0.786. The van der Waals surface area contributed by atoms with Crippen LogP contribution in [0.1, 0.15) is 15.9 Å². The van der Waals surface area contributed by atoms with E-state index >= 15 is 0 Å². The number of halogens is 1. The van der Waals surface area contributed by atoms with Crippen LogP contribution in [0.5, 0.6) is 11.5 Å². The zero-order chi connectivity index (χ0) is 14.1. The molecule has 1 N–H and O–H groups in total. The maximum absolute atomic E-state index is 12.4. The largest absolute Gasteiger partial charge is 0.508 e. The summed E-state index contributed by atoms with van der Waals surface area (Å²) in [5.41, 5.74) is 2.02. The van der Waals surface area contributed by atoms with Crippen LogP contribution in [-0.2, 0) is 0 Å². The second kappa shape index (κ2) is 5.13. The van der Waals surface area contributed by atoms with Crippen LogP contribution in [0.3, 0.4) is 0 Å². The first-order chi connectivity index (χ1) is 9.63. The molecule has 1 aliphatic rings. The third-order valence-corrected chi connectivity index (χ3v) is 3.59. The minimum absolute atomic E-state index is 0.0272. The van der Waals surface area contributed by atoms with E-state index in [4.69, 9.17) is 4.74 Å². The molecule has 20 heavy (non-hydrogen) atoms. The molecule has 4 heteroatoms. The summed E-state index contributed by atoms with van der Waals surface area (Å²) in [4.78, 5) is 12.4. The Morgan fingerprint density at radius 3 is 2.65 bits per heavy atom. The van der Waals surface area contributed by atoms with E-state index < -0.39 is 0 Å². The Morgan fingerprint density at radius 1 is 1.15 bits per heavy atom. The van der Waals surface area contributed by atoms with Crippen molar-refractivity contribution >= 4 is 27.8 Å². The summed E-state index contributed by atoms with van der Waals surface area (Å²) in [7, 11) is 0. The first-order valence-electron chi connectivity index (χ1n) is 6.10. The van der Waals surface area contributed by atoms with Crippen LogP contribution < -0.4 is 4.74 Å². The zero-order valence-corrected chi connectivity index (χ0v) is 12.1. The highest BCUT2D eigenvalue weighted by Gasteiger charge is 2.23. The summed E-state index contributed by atoms with van der Waals surface area (Å²) in [6.07, 6.45) is 1.78. The molecule has 0 aromatic heterocycles. The topological polar surface area (TPSA) is 46.5 Å². The summed E-state index contributed by atoms with van der Waals surface area (Å²) in [6.45, 7) is 0.258. The fraction of sp³-hybridized carbons (Fsp3) is 0.0625. The standard InChI is InChI=1S/C16H11BrO3/c17-12-3-6-15-14(8-12)16(19)11(9-20-15)7-10-1-4-13(18)5-2-10/h1-8,18H,9H2/b11-7-. The number of Topliss-reactive ketones (excluding diaryl/α,β-unsaturated/α-hetero) is 1. The summed E-state index contributed by atoms with van der Waals surface area (Å²) in [5, 5.41) is 9.26. The molecule has 0 spiro atoms. The highest BCUT2D eigenvalue weighted by atomic mass is 79.9. The maximum atomic E-state index is 12.4. The lowest BCUT2D eigenvalue weighted by atomic mass is 9.98. The van der Waals surface area contributed by atoms with Crippen molar-refractivity contribution in [1.29, 1.82) is 0 Å². The molecule has 3 nitrogen and oxygen atoms in total. The lowest BCUT2D eigenvalue weighted by Crippen LogP contribution is -2.18. The van der Waals surface area contributed by atoms with Gasteiger partial charge in [-0.15, -0.1) is 0 Å². The molecule has 100 valence electrons. The molecule has 3 rings (SSSR count). The molecule has 1 heterocycles. The number of hydrogen-bond donors (Lipinski definition) is 1. The van der Waals surface area contributed by atoms with E-state index in [1.54, 1.807) is 42.5 Å². The molecule has 2 aromatic rings. The van der Waals surface area contributed by atoms with E-state index in [9.17, 15) is 9.90 Å². The van der Waals surface area contributed by atoms with E-state index in [-0.39, 0.29) is 18.1 Å². The second-order valence-electron chi connectivity index (χ2n) is 4.52. The first kappa shape index (κ1) is 12.9. The highest BCUT2D eigenvalue weighted by Crippen LogP contribution is 2.30. The van der Waals surface area contributed by atoms with Gasteiger partial charge in [0.25, 0.3) is 0 Å². The smallest absolute Gasteiger partial charge is 0.196 e. The molecule has 0 radical (unpaired) electrons.